The van der Waals surface area contributed by atoms with E-state index in [1.165, 1.54) is 25.8 Å². The van der Waals surface area contributed by atoms with Crippen LogP contribution in [0.25, 0.3) is 0 Å². The average Bonchev–Trinajstić information content (AvgIpc) is 3.03. The monoisotopic (exact) mass is 378 g/mol. The summed E-state index contributed by atoms with van der Waals surface area (Å²) < 4.78 is 0.936. The Bertz CT molecular complexity index is 634. The molecule has 2 aromatic heterocycles. The number of hydrogen-bond acceptors (Lipinski definition) is 5. The quantitative estimate of drug-likeness (QED) is 0.801. The van der Waals surface area contributed by atoms with Gasteiger partial charge in [0, 0.05) is 49.5 Å². The summed E-state index contributed by atoms with van der Waals surface area (Å²) in [7, 11) is 0. The first-order chi connectivity index (χ1) is 10.8. The van der Waals surface area contributed by atoms with E-state index in [2.05, 4.69) is 47.1 Å². The summed E-state index contributed by atoms with van der Waals surface area (Å²) in [5, 5.41) is 2.24. The van der Waals surface area contributed by atoms with Crippen molar-refractivity contribution in [2.24, 2.45) is 0 Å². The fourth-order valence-electron chi connectivity index (χ4n) is 3.48. The van der Waals surface area contributed by atoms with Gasteiger partial charge in [-0.2, -0.15) is 0 Å². The largest absolute Gasteiger partial charge is 0.341 e. The third-order valence-corrected chi connectivity index (χ3v) is 6.14. The van der Waals surface area contributed by atoms with E-state index in [0.717, 1.165) is 30.1 Å². The molecule has 4 rings (SSSR count). The van der Waals surface area contributed by atoms with Crippen LogP contribution in [0.5, 0.6) is 0 Å². The number of nitrogens with zero attached hydrogens (tertiary/aromatic N) is 4. The van der Waals surface area contributed by atoms with Gasteiger partial charge >= 0.3 is 0 Å². The summed E-state index contributed by atoms with van der Waals surface area (Å²) in [6.45, 7) is 4.46. The minimum absolute atomic E-state index is 0.708. The minimum atomic E-state index is 0.708. The molecular weight excluding hydrogens is 360 g/mol. The lowest BCUT2D eigenvalue weighted by molar-refractivity contribution is 0.154. The average molecular weight is 379 g/mol. The van der Waals surface area contributed by atoms with Crippen molar-refractivity contribution < 1.29 is 0 Å². The molecule has 4 heterocycles. The van der Waals surface area contributed by atoms with Crippen molar-refractivity contribution in [3.05, 3.63) is 38.8 Å². The number of anilines is 1. The second-order valence-corrected chi connectivity index (χ2v) is 7.93. The normalized spacial score (nSPS) is 20.1. The van der Waals surface area contributed by atoms with Crippen LogP contribution in [0.2, 0.25) is 0 Å². The lowest BCUT2D eigenvalue weighted by Gasteiger charge is -2.40. The van der Waals surface area contributed by atoms with Crippen molar-refractivity contribution >= 4 is 33.2 Å². The van der Waals surface area contributed by atoms with Gasteiger partial charge in [-0.25, -0.2) is 9.97 Å². The van der Waals surface area contributed by atoms with Gasteiger partial charge in [-0.3, -0.25) is 4.90 Å². The summed E-state index contributed by atoms with van der Waals surface area (Å²) in [5.41, 5.74) is 1.55. The molecule has 0 aromatic carbocycles. The number of piperidine rings is 1. The van der Waals surface area contributed by atoms with Crippen LogP contribution in [0.15, 0.2) is 28.3 Å². The van der Waals surface area contributed by atoms with E-state index in [9.17, 15) is 0 Å². The molecule has 6 heteroatoms. The highest BCUT2D eigenvalue weighted by atomic mass is 79.9. The molecule has 0 bridgehead atoms. The Morgan fingerprint density at radius 3 is 2.68 bits per heavy atom. The fraction of sp³-hybridized carbons (Fsp3) is 0.500. The van der Waals surface area contributed by atoms with Crippen molar-refractivity contribution in [3.63, 3.8) is 0 Å². The summed E-state index contributed by atoms with van der Waals surface area (Å²) >= 11 is 5.31. The second-order valence-electron chi connectivity index (χ2n) is 6.01. The Balaban J connectivity index is 1.37. The van der Waals surface area contributed by atoms with Crippen LogP contribution in [0, 0.1) is 0 Å². The van der Waals surface area contributed by atoms with Crippen molar-refractivity contribution in [1.82, 2.24) is 14.9 Å². The summed E-state index contributed by atoms with van der Waals surface area (Å²) in [4.78, 5) is 15.4. The highest BCUT2D eigenvalue weighted by Crippen LogP contribution is 2.28. The van der Waals surface area contributed by atoms with Crippen LogP contribution in [0.3, 0.4) is 0 Å². The molecular formula is C16H19BrN4S. The molecule has 0 unspecified atom stereocenters. The first-order valence-corrected chi connectivity index (χ1v) is 9.48. The van der Waals surface area contributed by atoms with Gasteiger partial charge in [-0.15, -0.1) is 11.3 Å². The van der Waals surface area contributed by atoms with Crippen molar-refractivity contribution in [3.8, 4) is 0 Å². The van der Waals surface area contributed by atoms with Gasteiger partial charge < -0.3 is 4.90 Å². The van der Waals surface area contributed by atoms with Crippen LogP contribution in [-0.2, 0) is 13.0 Å². The molecule has 4 nitrogen and oxygen atoms in total. The number of aromatic nitrogens is 2. The van der Waals surface area contributed by atoms with Crippen molar-refractivity contribution in [2.75, 3.05) is 24.5 Å². The lowest BCUT2D eigenvalue weighted by atomic mass is 10.00. The van der Waals surface area contributed by atoms with Gasteiger partial charge in [0.15, 0.2) is 0 Å². The van der Waals surface area contributed by atoms with E-state index in [1.807, 2.05) is 23.7 Å². The number of thiophene rings is 1. The van der Waals surface area contributed by atoms with E-state index in [1.54, 1.807) is 10.4 Å². The molecule has 0 saturated carbocycles. The van der Waals surface area contributed by atoms with Gasteiger partial charge in [0.2, 0.25) is 5.95 Å². The highest BCUT2D eigenvalue weighted by molar-refractivity contribution is 9.10. The van der Waals surface area contributed by atoms with Crippen LogP contribution >= 0.6 is 27.3 Å². The predicted molar refractivity (Wildman–Crippen MR) is 93.4 cm³/mol. The van der Waals surface area contributed by atoms with Crippen molar-refractivity contribution in [2.45, 2.75) is 31.8 Å². The van der Waals surface area contributed by atoms with Crippen molar-refractivity contribution in [1.29, 1.82) is 0 Å². The zero-order valence-electron chi connectivity index (χ0n) is 12.4. The van der Waals surface area contributed by atoms with E-state index >= 15 is 0 Å². The molecule has 0 amide bonds. The van der Waals surface area contributed by atoms with E-state index < -0.39 is 0 Å². The van der Waals surface area contributed by atoms with Gasteiger partial charge in [0.1, 0.15) is 0 Å². The molecule has 0 radical (unpaired) electrons. The minimum Gasteiger partial charge on any atom is -0.341 e. The Hall–Kier alpha value is -0.980. The molecule has 2 aliphatic heterocycles. The van der Waals surface area contributed by atoms with Gasteiger partial charge in [0.25, 0.3) is 0 Å². The molecule has 0 spiro atoms. The molecule has 0 aliphatic carbocycles. The second kappa shape index (κ2) is 6.26. The van der Waals surface area contributed by atoms with Gasteiger partial charge in [0.05, 0.1) is 4.47 Å². The number of rotatable bonds is 2. The highest BCUT2D eigenvalue weighted by Gasteiger charge is 2.28. The molecule has 2 aliphatic rings. The fourth-order valence-corrected chi connectivity index (χ4v) is 4.58. The Morgan fingerprint density at radius 2 is 1.91 bits per heavy atom. The Kier molecular flexibility index (Phi) is 4.15. The molecule has 22 heavy (non-hydrogen) atoms. The van der Waals surface area contributed by atoms with E-state index in [-0.39, 0.29) is 0 Å². The van der Waals surface area contributed by atoms with Crippen LogP contribution < -0.4 is 4.90 Å². The maximum absolute atomic E-state index is 4.42. The number of hydrogen-bond donors (Lipinski definition) is 0. The SMILES string of the molecule is Brc1cnc(N2CCC(N3CCc4sccc4C3)CC2)nc1. The smallest absolute Gasteiger partial charge is 0.225 e. The Labute approximate surface area is 143 Å². The predicted octanol–water partition coefficient (Wildman–Crippen LogP) is 3.33. The summed E-state index contributed by atoms with van der Waals surface area (Å²) in [6.07, 6.45) is 7.30. The maximum Gasteiger partial charge on any atom is 0.225 e. The summed E-state index contributed by atoms with van der Waals surface area (Å²) in [6, 6.07) is 3.01. The number of halogens is 1. The zero-order chi connectivity index (χ0) is 14.9. The van der Waals surface area contributed by atoms with E-state index in [4.69, 9.17) is 0 Å². The Morgan fingerprint density at radius 1 is 1.14 bits per heavy atom. The van der Waals surface area contributed by atoms with Gasteiger partial charge in [-0.05, 0) is 52.2 Å². The maximum atomic E-state index is 4.42. The molecule has 1 fully saturated rings. The molecule has 116 valence electrons. The standard InChI is InChI=1S/C16H19BrN4S/c17-13-9-18-16(19-10-13)20-5-1-14(2-6-20)21-7-3-15-12(11-21)4-8-22-15/h4,8-10,14H,1-3,5-7,11H2. The molecule has 2 aromatic rings. The third kappa shape index (κ3) is 2.92. The molecule has 1 saturated heterocycles. The third-order valence-electron chi connectivity index (χ3n) is 4.71. The first kappa shape index (κ1) is 14.6. The topological polar surface area (TPSA) is 32.3 Å². The zero-order valence-corrected chi connectivity index (χ0v) is 14.8. The van der Waals surface area contributed by atoms with Crippen LogP contribution in [0.1, 0.15) is 23.3 Å². The summed E-state index contributed by atoms with van der Waals surface area (Å²) in [5.74, 6) is 0.861. The van der Waals surface area contributed by atoms with Crippen LogP contribution in [0.4, 0.5) is 5.95 Å². The molecule has 0 N–H and O–H groups in total. The van der Waals surface area contributed by atoms with E-state index in [0.29, 0.717) is 6.04 Å². The van der Waals surface area contributed by atoms with Gasteiger partial charge in [-0.1, -0.05) is 0 Å². The lowest BCUT2D eigenvalue weighted by Crippen LogP contribution is -2.46. The first-order valence-electron chi connectivity index (χ1n) is 7.81. The van der Waals surface area contributed by atoms with Crippen LogP contribution in [-0.4, -0.2) is 40.5 Å². The molecule has 0 atom stereocenters. The number of fused-ring (bicyclic) bond motifs is 1.